The molecule has 0 atom stereocenters. The fourth-order valence-electron chi connectivity index (χ4n) is 2.32. The van der Waals surface area contributed by atoms with Crippen LogP contribution in [0.3, 0.4) is 0 Å². The van der Waals surface area contributed by atoms with E-state index in [1.807, 2.05) is 0 Å². The summed E-state index contributed by atoms with van der Waals surface area (Å²) in [5.41, 5.74) is 3.84. The SMILES string of the molecule is Cc1c2cc(-c3ccccc3)ccc2cc[n+]1C.[I-]. The average molecular weight is 361 g/mol. The van der Waals surface area contributed by atoms with Gasteiger partial charge in [0.2, 0.25) is 0 Å². The molecule has 3 aromatic rings. The fourth-order valence-corrected chi connectivity index (χ4v) is 2.32. The van der Waals surface area contributed by atoms with Gasteiger partial charge in [-0.3, -0.25) is 0 Å². The van der Waals surface area contributed by atoms with E-state index in [1.54, 1.807) is 0 Å². The van der Waals surface area contributed by atoms with Gasteiger partial charge in [0.05, 0.1) is 0 Å². The minimum atomic E-state index is 0. The van der Waals surface area contributed by atoms with Crippen LogP contribution in [-0.2, 0) is 7.05 Å². The summed E-state index contributed by atoms with van der Waals surface area (Å²) in [5.74, 6) is 0. The van der Waals surface area contributed by atoms with Crippen molar-refractivity contribution in [3.05, 3.63) is 66.5 Å². The number of benzene rings is 2. The number of halogens is 1. The van der Waals surface area contributed by atoms with E-state index in [2.05, 4.69) is 79.3 Å². The number of fused-ring (bicyclic) bond motifs is 1. The van der Waals surface area contributed by atoms with Crippen molar-refractivity contribution in [3.8, 4) is 11.1 Å². The summed E-state index contributed by atoms with van der Waals surface area (Å²) in [5, 5.41) is 2.62. The smallest absolute Gasteiger partial charge is 0.185 e. The van der Waals surface area contributed by atoms with Crippen LogP contribution in [0.25, 0.3) is 21.9 Å². The predicted octanol–water partition coefficient (Wildman–Crippen LogP) is 0.644. The third kappa shape index (κ3) is 2.63. The molecule has 0 fully saturated rings. The third-order valence-electron chi connectivity index (χ3n) is 3.56. The molecular formula is C17H16IN. The van der Waals surface area contributed by atoms with Crippen LogP contribution in [-0.4, -0.2) is 0 Å². The zero-order chi connectivity index (χ0) is 12.5. The molecule has 0 radical (unpaired) electrons. The molecule has 0 aliphatic carbocycles. The summed E-state index contributed by atoms with van der Waals surface area (Å²) in [7, 11) is 2.09. The van der Waals surface area contributed by atoms with Crippen LogP contribution in [0.1, 0.15) is 5.69 Å². The molecule has 0 saturated carbocycles. The Morgan fingerprint density at radius 1 is 0.842 bits per heavy atom. The van der Waals surface area contributed by atoms with E-state index in [0.717, 1.165) is 0 Å². The fraction of sp³-hybridized carbons (Fsp3) is 0.118. The van der Waals surface area contributed by atoms with Gasteiger partial charge in [-0.15, -0.1) is 0 Å². The second-order valence-electron chi connectivity index (χ2n) is 4.68. The number of aromatic nitrogens is 1. The van der Waals surface area contributed by atoms with Gasteiger partial charge in [-0.2, -0.15) is 0 Å². The predicted molar refractivity (Wildman–Crippen MR) is 75.3 cm³/mol. The standard InChI is InChI=1S/C17H16N.HI/c1-13-17-12-16(14-6-4-3-5-7-14)9-8-15(17)10-11-18(13)2;/h3-12H,1-2H3;1H/q+1;/p-1. The van der Waals surface area contributed by atoms with Gasteiger partial charge in [-0.25, -0.2) is 4.57 Å². The molecule has 0 unspecified atom stereocenters. The maximum Gasteiger partial charge on any atom is 0.185 e. The first kappa shape index (κ1) is 14.0. The Morgan fingerprint density at radius 2 is 1.58 bits per heavy atom. The Bertz CT molecular complexity index is 705. The molecule has 96 valence electrons. The van der Waals surface area contributed by atoms with Gasteiger partial charge in [0, 0.05) is 18.4 Å². The lowest BCUT2D eigenvalue weighted by molar-refractivity contribution is -0.676. The summed E-state index contributed by atoms with van der Waals surface area (Å²) >= 11 is 0. The van der Waals surface area contributed by atoms with Crippen molar-refractivity contribution in [2.45, 2.75) is 6.92 Å². The van der Waals surface area contributed by atoms with E-state index in [1.165, 1.54) is 27.6 Å². The average Bonchev–Trinajstić information content (AvgIpc) is 2.44. The summed E-state index contributed by atoms with van der Waals surface area (Å²) in [6, 6.07) is 19.3. The number of nitrogens with zero attached hydrogens (tertiary/aromatic N) is 1. The minimum absolute atomic E-state index is 0. The van der Waals surface area contributed by atoms with Crippen molar-refractivity contribution in [2.24, 2.45) is 7.05 Å². The highest BCUT2D eigenvalue weighted by atomic mass is 127. The molecule has 1 aromatic heterocycles. The van der Waals surface area contributed by atoms with Crippen LogP contribution >= 0.6 is 0 Å². The Morgan fingerprint density at radius 3 is 2.32 bits per heavy atom. The molecule has 2 aromatic carbocycles. The first-order valence-electron chi connectivity index (χ1n) is 6.20. The largest absolute Gasteiger partial charge is 1.00 e. The topological polar surface area (TPSA) is 3.88 Å². The second-order valence-corrected chi connectivity index (χ2v) is 4.68. The van der Waals surface area contributed by atoms with Gasteiger partial charge in [0.15, 0.2) is 11.9 Å². The van der Waals surface area contributed by atoms with Crippen molar-refractivity contribution in [1.82, 2.24) is 0 Å². The highest BCUT2D eigenvalue weighted by molar-refractivity contribution is 5.88. The van der Waals surface area contributed by atoms with E-state index < -0.39 is 0 Å². The molecule has 0 aliphatic heterocycles. The summed E-state index contributed by atoms with van der Waals surface area (Å²) < 4.78 is 2.16. The Labute approximate surface area is 130 Å². The van der Waals surface area contributed by atoms with Crippen molar-refractivity contribution in [2.75, 3.05) is 0 Å². The lowest BCUT2D eigenvalue weighted by Crippen LogP contribution is -3.00. The first-order chi connectivity index (χ1) is 8.75. The quantitative estimate of drug-likeness (QED) is 0.443. The zero-order valence-electron chi connectivity index (χ0n) is 11.1. The van der Waals surface area contributed by atoms with Gasteiger partial charge in [0.1, 0.15) is 7.05 Å². The van der Waals surface area contributed by atoms with Crippen LogP contribution in [0, 0.1) is 6.92 Å². The molecule has 19 heavy (non-hydrogen) atoms. The van der Waals surface area contributed by atoms with Crippen molar-refractivity contribution < 1.29 is 28.5 Å². The molecule has 0 bridgehead atoms. The van der Waals surface area contributed by atoms with Crippen molar-refractivity contribution in [3.63, 3.8) is 0 Å². The highest BCUT2D eigenvalue weighted by Gasteiger charge is 2.07. The number of aryl methyl sites for hydroxylation is 2. The van der Waals surface area contributed by atoms with E-state index in [9.17, 15) is 0 Å². The number of hydrogen-bond acceptors (Lipinski definition) is 0. The van der Waals surface area contributed by atoms with Gasteiger partial charge in [-0.05, 0) is 22.6 Å². The van der Waals surface area contributed by atoms with Crippen LogP contribution < -0.4 is 28.5 Å². The van der Waals surface area contributed by atoms with E-state index >= 15 is 0 Å². The molecule has 1 nitrogen and oxygen atoms in total. The lowest BCUT2D eigenvalue weighted by atomic mass is 10.0. The van der Waals surface area contributed by atoms with Crippen LogP contribution in [0.4, 0.5) is 0 Å². The van der Waals surface area contributed by atoms with E-state index in [4.69, 9.17) is 0 Å². The Balaban J connectivity index is 0.00000133. The monoisotopic (exact) mass is 361 g/mol. The van der Waals surface area contributed by atoms with Gasteiger partial charge in [-0.1, -0.05) is 42.5 Å². The summed E-state index contributed by atoms with van der Waals surface area (Å²) in [4.78, 5) is 0. The minimum Gasteiger partial charge on any atom is -1.00 e. The number of rotatable bonds is 1. The molecule has 0 saturated heterocycles. The molecular weight excluding hydrogens is 345 g/mol. The molecule has 0 aliphatic rings. The van der Waals surface area contributed by atoms with Gasteiger partial charge in [0.25, 0.3) is 0 Å². The summed E-state index contributed by atoms with van der Waals surface area (Å²) in [6.45, 7) is 2.16. The number of hydrogen-bond donors (Lipinski definition) is 0. The maximum atomic E-state index is 2.28. The van der Waals surface area contributed by atoms with E-state index in [0.29, 0.717) is 0 Å². The molecule has 0 spiro atoms. The maximum absolute atomic E-state index is 2.28. The molecule has 0 amide bonds. The molecule has 3 rings (SSSR count). The van der Waals surface area contributed by atoms with Crippen molar-refractivity contribution in [1.29, 1.82) is 0 Å². The number of pyridine rings is 1. The zero-order valence-corrected chi connectivity index (χ0v) is 13.3. The highest BCUT2D eigenvalue weighted by Crippen LogP contribution is 2.24. The Kier molecular flexibility index (Phi) is 4.20. The summed E-state index contributed by atoms with van der Waals surface area (Å²) in [6.07, 6.45) is 2.11. The molecule has 1 heterocycles. The van der Waals surface area contributed by atoms with Crippen LogP contribution in [0.15, 0.2) is 60.8 Å². The third-order valence-corrected chi connectivity index (χ3v) is 3.56. The Hall–Kier alpha value is -1.42. The van der Waals surface area contributed by atoms with E-state index in [-0.39, 0.29) is 24.0 Å². The van der Waals surface area contributed by atoms with Crippen molar-refractivity contribution >= 4 is 10.8 Å². The first-order valence-corrected chi connectivity index (χ1v) is 6.20. The normalized spacial score (nSPS) is 10.2. The van der Waals surface area contributed by atoms with Crippen LogP contribution in [0.2, 0.25) is 0 Å². The van der Waals surface area contributed by atoms with Crippen LogP contribution in [0.5, 0.6) is 0 Å². The second kappa shape index (κ2) is 5.70. The lowest BCUT2D eigenvalue weighted by Gasteiger charge is -2.05. The van der Waals surface area contributed by atoms with Gasteiger partial charge < -0.3 is 24.0 Å². The van der Waals surface area contributed by atoms with Gasteiger partial charge >= 0.3 is 0 Å². The molecule has 2 heteroatoms. The molecule has 0 N–H and O–H groups in total.